The van der Waals surface area contributed by atoms with Crippen LogP contribution in [0.15, 0.2) is 0 Å². The molecule has 0 bridgehead atoms. The summed E-state index contributed by atoms with van der Waals surface area (Å²) in [7, 11) is 0. The monoisotopic (exact) mass is 133 g/mol. The molecule has 3 nitrogen and oxygen atoms in total. The molecule has 0 radical (unpaired) electrons. The lowest BCUT2D eigenvalue weighted by molar-refractivity contribution is 0.221. The summed E-state index contributed by atoms with van der Waals surface area (Å²) in [6.07, 6.45) is 0. The van der Waals surface area contributed by atoms with Gasteiger partial charge in [0.1, 0.15) is 0 Å². The maximum Gasteiger partial charge on any atom is 0.322 e. The van der Waals surface area contributed by atoms with Gasteiger partial charge in [-0.15, -0.1) is 0 Å². The van der Waals surface area contributed by atoms with Gasteiger partial charge in [-0.2, -0.15) is 0 Å². The minimum Gasteiger partial charge on any atom is -0.395 e. The molecule has 2 N–H and O–H groups in total. The fourth-order valence-electron chi connectivity index (χ4n) is 0.453. The Hall–Kier alpha value is 0.412. The molecule has 0 amide bonds. The molecule has 0 fully saturated rings. The van der Waals surface area contributed by atoms with Gasteiger partial charge >= 0.3 is 16.5 Å². The summed E-state index contributed by atoms with van der Waals surface area (Å²) in [6.45, 7) is 1.80. The Morgan fingerprint density at radius 3 is 1.75 bits per heavy atom. The van der Waals surface area contributed by atoms with Crippen molar-refractivity contribution in [2.75, 3.05) is 26.3 Å². The van der Waals surface area contributed by atoms with Gasteiger partial charge in [0.2, 0.25) is 0 Å². The summed E-state index contributed by atoms with van der Waals surface area (Å²) in [5, 5.41) is 16.7. The minimum atomic E-state index is 0.198. The molecular weight excluding hydrogens is 121 g/mol. The molecule has 0 unspecified atom stereocenters. The van der Waals surface area contributed by atoms with Crippen LogP contribution in [0.3, 0.4) is 0 Å². The number of hydrogen-bond donors (Lipinski definition) is 2. The normalized spacial score (nSPS) is 10.4. The Balaban J connectivity index is 2.92. The molecule has 0 aromatic rings. The van der Waals surface area contributed by atoms with E-state index in [-0.39, 0.29) is 13.2 Å². The van der Waals surface area contributed by atoms with Gasteiger partial charge in [0.25, 0.3) is 0 Å². The lowest BCUT2D eigenvalue weighted by Crippen LogP contribution is -2.26. The fourth-order valence-corrected chi connectivity index (χ4v) is 0.853. The highest BCUT2D eigenvalue weighted by atomic mass is 27.1. The molecule has 0 aromatic heterocycles. The minimum absolute atomic E-state index is 0.198. The van der Waals surface area contributed by atoms with Crippen molar-refractivity contribution in [1.29, 1.82) is 0 Å². The first kappa shape index (κ1) is 8.41. The van der Waals surface area contributed by atoms with E-state index in [1.165, 1.54) is 0 Å². The van der Waals surface area contributed by atoms with Crippen molar-refractivity contribution in [3.05, 3.63) is 0 Å². The zero-order valence-electron chi connectivity index (χ0n) is 5.17. The standard InChI is InChI=1S/C4H10NO2.Al.2H/c6-3-1-5-2-4-7;;;/h6-7H,1-4H2;;;/q-1;+1;;. The van der Waals surface area contributed by atoms with Gasteiger partial charge in [0.15, 0.2) is 0 Å². The van der Waals surface area contributed by atoms with E-state index in [0.717, 1.165) is 16.5 Å². The summed E-state index contributed by atoms with van der Waals surface area (Å²) < 4.78 is 2.00. The lowest BCUT2D eigenvalue weighted by Gasteiger charge is -2.12. The maximum absolute atomic E-state index is 8.36. The van der Waals surface area contributed by atoms with E-state index < -0.39 is 0 Å². The first-order chi connectivity index (χ1) is 3.81. The Bertz CT molecular complexity index is 47.3. The Kier molecular flexibility index (Phi) is 5.83. The molecule has 8 heavy (non-hydrogen) atoms. The first-order valence-corrected chi connectivity index (χ1v) is 3.61. The SMILES string of the molecule is OCC[N]([AlH2])CCO. The van der Waals surface area contributed by atoms with Crippen molar-refractivity contribution in [3.8, 4) is 0 Å². The van der Waals surface area contributed by atoms with Gasteiger partial charge < -0.3 is 14.1 Å². The van der Waals surface area contributed by atoms with E-state index in [1.54, 1.807) is 0 Å². The van der Waals surface area contributed by atoms with Crippen LogP contribution in [-0.4, -0.2) is 56.9 Å². The van der Waals surface area contributed by atoms with Crippen LogP contribution >= 0.6 is 0 Å². The molecule has 0 spiro atoms. The quantitative estimate of drug-likeness (QED) is 0.428. The van der Waals surface area contributed by atoms with Crippen molar-refractivity contribution < 1.29 is 10.2 Å². The van der Waals surface area contributed by atoms with Crippen LogP contribution in [0.2, 0.25) is 0 Å². The van der Waals surface area contributed by atoms with E-state index in [9.17, 15) is 0 Å². The van der Waals surface area contributed by atoms with Crippen LogP contribution in [0.5, 0.6) is 0 Å². The Morgan fingerprint density at radius 2 is 1.50 bits per heavy atom. The van der Waals surface area contributed by atoms with Gasteiger partial charge in [-0.3, -0.25) is 0 Å². The van der Waals surface area contributed by atoms with Gasteiger partial charge in [0.05, 0.1) is 13.2 Å². The Labute approximate surface area is 57.6 Å². The Morgan fingerprint density at radius 1 is 1.12 bits per heavy atom. The predicted octanol–water partition coefficient (Wildman–Crippen LogP) is -2.18. The second kappa shape index (κ2) is 5.55. The third-order valence-corrected chi connectivity index (χ3v) is 1.86. The molecular formula is C4H12AlNO2. The molecule has 0 aliphatic heterocycles. The zero-order chi connectivity index (χ0) is 6.41. The summed E-state index contributed by atoms with van der Waals surface area (Å²) >= 11 is 0.922. The van der Waals surface area contributed by atoms with Crippen LogP contribution < -0.4 is 0 Å². The maximum atomic E-state index is 8.36. The van der Waals surface area contributed by atoms with Crippen LogP contribution in [0.1, 0.15) is 0 Å². The second-order valence-corrected chi connectivity index (χ2v) is 3.02. The van der Waals surface area contributed by atoms with Crippen molar-refractivity contribution in [3.63, 3.8) is 0 Å². The van der Waals surface area contributed by atoms with E-state index in [2.05, 4.69) is 0 Å². The van der Waals surface area contributed by atoms with Crippen LogP contribution in [0.4, 0.5) is 0 Å². The van der Waals surface area contributed by atoms with E-state index in [4.69, 9.17) is 10.2 Å². The first-order valence-electron chi connectivity index (χ1n) is 2.71. The van der Waals surface area contributed by atoms with Gasteiger partial charge in [0, 0.05) is 13.1 Å². The second-order valence-electron chi connectivity index (χ2n) is 1.75. The number of hydrogen-bond acceptors (Lipinski definition) is 3. The van der Waals surface area contributed by atoms with Crippen LogP contribution in [0, 0.1) is 0 Å². The highest BCUT2D eigenvalue weighted by molar-refractivity contribution is 6.04. The molecule has 0 heterocycles. The average Bonchev–Trinajstić information content (AvgIpc) is 1.68. The van der Waals surface area contributed by atoms with Crippen LogP contribution in [-0.2, 0) is 0 Å². The predicted molar refractivity (Wildman–Crippen MR) is 34.3 cm³/mol. The molecule has 0 rings (SSSR count). The third-order valence-electron chi connectivity index (χ3n) is 0.963. The van der Waals surface area contributed by atoms with E-state index in [1.807, 2.05) is 3.88 Å². The molecule has 0 aliphatic rings. The van der Waals surface area contributed by atoms with Crippen molar-refractivity contribution in [2.24, 2.45) is 0 Å². The summed E-state index contributed by atoms with van der Waals surface area (Å²) in [5.74, 6) is 0. The molecule has 0 aliphatic carbocycles. The third kappa shape index (κ3) is 4.57. The molecule has 0 aromatic carbocycles. The van der Waals surface area contributed by atoms with Crippen molar-refractivity contribution in [2.45, 2.75) is 0 Å². The van der Waals surface area contributed by atoms with Crippen molar-refractivity contribution >= 4 is 16.5 Å². The van der Waals surface area contributed by atoms with Gasteiger partial charge in [-0.25, -0.2) is 0 Å². The largest absolute Gasteiger partial charge is 0.395 e. The highest BCUT2D eigenvalue weighted by Crippen LogP contribution is 1.75. The molecule has 4 heteroatoms. The molecule has 0 atom stereocenters. The van der Waals surface area contributed by atoms with Gasteiger partial charge in [-0.1, -0.05) is 0 Å². The number of rotatable bonds is 4. The lowest BCUT2D eigenvalue weighted by atomic mass is 10.6. The highest BCUT2D eigenvalue weighted by Gasteiger charge is 1.91. The number of aliphatic hydroxyl groups excluding tert-OH is 2. The number of aliphatic hydroxyl groups is 2. The number of nitrogens with zero attached hydrogens (tertiary/aromatic N) is 1. The van der Waals surface area contributed by atoms with E-state index >= 15 is 0 Å². The molecule has 0 saturated carbocycles. The van der Waals surface area contributed by atoms with Crippen molar-refractivity contribution in [1.82, 2.24) is 3.88 Å². The zero-order valence-corrected chi connectivity index (χ0v) is 7.17. The van der Waals surface area contributed by atoms with Gasteiger partial charge in [-0.05, 0) is 0 Å². The summed E-state index contributed by atoms with van der Waals surface area (Å²) in [5.41, 5.74) is 0. The fraction of sp³-hybridized carbons (Fsp3) is 1.00. The topological polar surface area (TPSA) is 43.7 Å². The van der Waals surface area contributed by atoms with Crippen LogP contribution in [0.25, 0.3) is 0 Å². The smallest absolute Gasteiger partial charge is 0.322 e. The molecule has 0 saturated heterocycles. The molecule has 48 valence electrons. The average molecular weight is 133 g/mol. The summed E-state index contributed by atoms with van der Waals surface area (Å²) in [6, 6.07) is 0. The van der Waals surface area contributed by atoms with E-state index in [0.29, 0.717) is 13.1 Å². The summed E-state index contributed by atoms with van der Waals surface area (Å²) in [4.78, 5) is 0.